The van der Waals surface area contributed by atoms with Crippen LogP contribution in [0.4, 0.5) is 0 Å². The lowest BCUT2D eigenvalue weighted by Gasteiger charge is -2.41. The van der Waals surface area contributed by atoms with Crippen molar-refractivity contribution in [3.05, 3.63) is 0 Å². The number of carbonyl (C=O) groups is 1. The lowest BCUT2D eigenvalue weighted by Crippen LogP contribution is -2.45. The molecule has 24 heavy (non-hydrogen) atoms. The molecular weight excluding hydrogens is 298 g/mol. The number of likely N-dealkylation sites (tertiary alicyclic amines) is 1. The molecule has 142 valence electrons. The second kappa shape index (κ2) is 9.79. The summed E-state index contributed by atoms with van der Waals surface area (Å²) < 4.78 is 0. The molecule has 0 radical (unpaired) electrons. The van der Waals surface area contributed by atoms with Gasteiger partial charge in [0.25, 0.3) is 0 Å². The zero-order valence-corrected chi connectivity index (χ0v) is 16.9. The Kier molecular flexibility index (Phi) is 8.76. The number of carboxylic acids is 1. The van der Waals surface area contributed by atoms with Gasteiger partial charge in [-0.15, -0.1) is 0 Å². The van der Waals surface area contributed by atoms with Gasteiger partial charge in [-0.05, 0) is 64.5 Å². The molecule has 1 unspecified atom stereocenters. The van der Waals surface area contributed by atoms with Gasteiger partial charge in [0.05, 0.1) is 5.41 Å². The second-order valence-corrected chi connectivity index (χ2v) is 9.32. The number of carboxylic acid groups (broad SMARTS) is 1. The molecule has 0 amide bonds. The van der Waals surface area contributed by atoms with Crippen LogP contribution >= 0.6 is 0 Å². The Hall–Kier alpha value is -0.570. The predicted octanol–water partition coefficient (Wildman–Crippen LogP) is 5.73. The van der Waals surface area contributed by atoms with Gasteiger partial charge >= 0.3 is 5.97 Å². The zero-order valence-electron chi connectivity index (χ0n) is 16.9. The van der Waals surface area contributed by atoms with E-state index >= 15 is 0 Å². The minimum atomic E-state index is -0.662. The third kappa shape index (κ3) is 7.55. The second-order valence-electron chi connectivity index (χ2n) is 9.32. The third-order valence-electron chi connectivity index (χ3n) is 5.73. The van der Waals surface area contributed by atoms with Crippen molar-refractivity contribution in [2.24, 2.45) is 10.8 Å². The molecule has 1 aliphatic heterocycles. The molecule has 0 aromatic carbocycles. The summed E-state index contributed by atoms with van der Waals surface area (Å²) in [6, 6.07) is 0.401. The Balaban J connectivity index is 2.70. The molecule has 1 atom stereocenters. The highest BCUT2D eigenvalue weighted by molar-refractivity contribution is 5.73. The molecule has 1 N–H and O–H groups in total. The van der Waals surface area contributed by atoms with E-state index in [1.165, 1.54) is 51.4 Å². The lowest BCUT2D eigenvalue weighted by atomic mass is 9.75. The molecule has 0 bridgehead atoms. The fraction of sp³-hybridized carbons (Fsp3) is 0.952. The molecule has 3 nitrogen and oxygen atoms in total. The van der Waals surface area contributed by atoms with Crippen LogP contribution in [0.5, 0.6) is 0 Å². The Morgan fingerprint density at radius 2 is 1.62 bits per heavy atom. The summed E-state index contributed by atoms with van der Waals surface area (Å²) >= 11 is 0. The molecule has 0 aliphatic carbocycles. The van der Waals surface area contributed by atoms with Crippen molar-refractivity contribution in [1.29, 1.82) is 0 Å². The highest BCUT2D eigenvalue weighted by Gasteiger charge is 2.36. The van der Waals surface area contributed by atoms with Crippen LogP contribution in [0.2, 0.25) is 0 Å². The first-order valence-corrected chi connectivity index (χ1v) is 10.2. The van der Waals surface area contributed by atoms with Crippen LogP contribution < -0.4 is 0 Å². The summed E-state index contributed by atoms with van der Waals surface area (Å²) in [6.07, 6.45) is 12.2. The molecule has 1 fully saturated rings. The van der Waals surface area contributed by atoms with Crippen molar-refractivity contribution in [1.82, 2.24) is 4.90 Å². The first-order chi connectivity index (χ1) is 11.2. The topological polar surface area (TPSA) is 40.5 Å². The average Bonchev–Trinajstić information content (AvgIpc) is 2.51. The van der Waals surface area contributed by atoms with E-state index in [1.54, 1.807) is 0 Å². The van der Waals surface area contributed by atoms with Crippen LogP contribution in [0, 0.1) is 10.8 Å². The van der Waals surface area contributed by atoms with Gasteiger partial charge in [-0.25, -0.2) is 0 Å². The molecule has 0 saturated carbocycles. The summed E-state index contributed by atoms with van der Waals surface area (Å²) in [6.45, 7) is 13.1. The SMILES string of the molecule is CCCCCCC(C)(C)CC(CC(C)(C)C(=O)O)N1CCCCC1. The molecule has 3 heteroatoms. The largest absolute Gasteiger partial charge is 0.481 e. The minimum absolute atomic E-state index is 0.296. The van der Waals surface area contributed by atoms with Crippen molar-refractivity contribution < 1.29 is 9.90 Å². The first kappa shape index (κ1) is 21.5. The molecule has 0 spiro atoms. The maximum Gasteiger partial charge on any atom is 0.309 e. The molecular formula is C21H41NO2. The van der Waals surface area contributed by atoms with Crippen LogP contribution in [-0.2, 0) is 4.79 Å². The summed E-state index contributed by atoms with van der Waals surface area (Å²) in [5.41, 5.74) is -0.342. The van der Waals surface area contributed by atoms with Crippen LogP contribution in [0.15, 0.2) is 0 Å². The summed E-state index contributed by atoms with van der Waals surface area (Å²) in [4.78, 5) is 14.2. The summed E-state index contributed by atoms with van der Waals surface area (Å²) in [5.74, 6) is -0.662. The van der Waals surface area contributed by atoms with Gasteiger partial charge in [-0.2, -0.15) is 0 Å². The fourth-order valence-corrected chi connectivity index (χ4v) is 4.06. The number of piperidine rings is 1. The van der Waals surface area contributed by atoms with Crippen LogP contribution in [-0.4, -0.2) is 35.1 Å². The predicted molar refractivity (Wildman–Crippen MR) is 102 cm³/mol. The normalized spacial score (nSPS) is 18.5. The Labute approximate surface area is 150 Å². The van der Waals surface area contributed by atoms with E-state index in [9.17, 15) is 9.90 Å². The fourth-order valence-electron chi connectivity index (χ4n) is 4.06. The van der Waals surface area contributed by atoms with Gasteiger partial charge in [-0.1, -0.05) is 52.9 Å². The zero-order chi connectivity index (χ0) is 18.2. The van der Waals surface area contributed by atoms with Gasteiger partial charge < -0.3 is 10.0 Å². The van der Waals surface area contributed by atoms with E-state index in [4.69, 9.17) is 0 Å². The molecule has 1 rings (SSSR count). The van der Waals surface area contributed by atoms with E-state index in [2.05, 4.69) is 25.7 Å². The van der Waals surface area contributed by atoms with Gasteiger partial charge in [0.1, 0.15) is 0 Å². The summed E-state index contributed by atoms with van der Waals surface area (Å²) in [7, 11) is 0. The lowest BCUT2D eigenvalue weighted by molar-refractivity contribution is -0.148. The van der Waals surface area contributed by atoms with Crippen molar-refractivity contribution in [2.75, 3.05) is 13.1 Å². The number of hydrogen-bond acceptors (Lipinski definition) is 2. The smallest absolute Gasteiger partial charge is 0.309 e. The van der Waals surface area contributed by atoms with E-state index in [-0.39, 0.29) is 0 Å². The number of aliphatic carboxylic acids is 1. The quantitative estimate of drug-likeness (QED) is 0.489. The van der Waals surface area contributed by atoms with E-state index in [1.807, 2.05) is 13.8 Å². The molecule has 1 heterocycles. The van der Waals surface area contributed by atoms with Gasteiger partial charge in [0.15, 0.2) is 0 Å². The maximum atomic E-state index is 11.6. The number of nitrogens with zero attached hydrogens (tertiary/aromatic N) is 1. The third-order valence-corrected chi connectivity index (χ3v) is 5.73. The summed E-state index contributed by atoms with van der Waals surface area (Å²) in [5, 5.41) is 9.57. The first-order valence-electron chi connectivity index (χ1n) is 10.2. The van der Waals surface area contributed by atoms with E-state index in [0.29, 0.717) is 11.5 Å². The molecule has 0 aromatic heterocycles. The van der Waals surface area contributed by atoms with Gasteiger partial charge in [-0.3, -0.25) is 4.79 Å². The number of unbranched alkanes of at least 4 members (excludes halogenated alkanes) is 3. The molecule has 0 aromatic rings. The van der Waals surface area contributed by atoms with Crippen molar-refractivity contribution in [3.63, 3.8) is 0 Å². The number of rotatable bonds is 11. The van der Waals surface area contributed by atoms with E-state index < -0.39 is 11.4 Å². The van der Waals surface area contributed by atoms with Crippen molar-refractivity contribution >= 4 is 5.97 Å². The van der Waals surface area contributed by atoms with Gasteiger partial charge in [0, 0.05) is 6.04 Å². The van der Waals surface area contributed by atoms with Gasteiger partial charge in [0.2, 0.25) is 0 Å². The van der Waals surface area contributed by atoms with Crippen molar-refractivity contribution in [2.45, 2.75) is 105 Å². The molecule has 1 saturated heterocycles. The van der Waals surface area contributed by atoms with Crippen LogP contribution in [0.25, 0.3) is 0 Å². The van der Waals surface area contributed by atoms with E-state index in [0.717, 1.165) is 25.9 Å². The Bertz CT molecular complexity index is 370. The standard InChI is InChI=1S/C21H41NO2/c1-6-7-8-10-13-20(2,3)16-18(17-21(4,5)19(23)24)22-14-11-9-12-15-22/h18H,6-17H2,1-5H3,(H,23,24). The average molecular weight is 340 g/mol. The monoisotopic (exact) mass is 339 g/mol. The van der Waals surface area contributed by atoms with Crippen LogP contribution in [0.3, 0.4) is 0 Å². The number of hydrogen-bond donors (Lipinski definition) is 1. The highest BCUT2D eigenvalue weighted by Crippen LogP contribution is 2.36. The Morgan fingerprint density at radius 1 is 1.00 bits per heavy atom. The Morgan fingerprint density at radius 3 is 2.17 bits per heavy atom. The highest BCUT2D eigenvalue weighted by atomic mass is 16.4. The minimum Gasteiger partial charge on any atom is -0.481 e. The maximum absolute atomic E-state index is 11.6. The van der Waals surface area contributed by atoms with Crippen LogP contribution in [0.1, 0.15) is 98.8 Å². The van der Waals surface area contributed by atoms with Crippen molar-refractivity contribution in [3.8, 4) is 0 Å². The molecule has 1 aliphatic rings.